The maximum Gasteiger partial charge on any atom is 0.416 e. The topological polar surface area (TPSA) is 55.6 Å². The predicted molar refractivity (Wildman–Crippen MR) is 91.2 cm³/mol. The van der Waals surface area contributed by atoms with E-state index in [9.17, 15) is 18.0 Å². The van der Waals surface area contributed by atoms with Crippen molar-refractivity contribution < 1.29 is 27.1 Å². The number of carbonyl (C=O) groups excluding carboxylic acids is 1. The first-order valence-electron chi connectivity index (χ1n) is 8.37. The second-order valence-electron chi connectivity index (χ2n) is 6.18. The highest BCUT2D eigenvalue weighted by atomic mass is 19.4. The van der Waals surface area contributed by atoms with E-state index in [0.717, 1.165) is 12.1 Å². The molecule has 2 heterocycles. The molecule has 0 atom stereocenters. The predicted octanol–water partition coefficient (Wildman–Crippen LogP) is 3.99. The van der Waals surface area contributed by atoms with Gasteiger partial charge in [0.2, 0.25) is 5.89 Å². The van der Waals surface area contributed by atoms with Crippen molar-refractivity contribution >= 4 is 17.0 Å². The molecule has 5 nitrogen and oxygen atoms in total. The molecule has 1 fully saturated rings. The fourth-order valence-corrected chi connectivity index (χ4v) is 2.93. The lowest BCUT2D eigenvalue weighted by Gasteiger charge is -2.26. The van der Waals surface area contributed by atoms with Crippen LogP contribution in [0.15, 0.2) is 46.9 Å². The summed E-state index contributed by atoms with van der Waals surface area (Å²) in [5.74, 6) is 0.0916. The van der Waals surface area contributed by atoms with E-state index in [4.69, 9.17) is 9.15 Å². The van der Waals surface area contributed by atoms with Crippen molar-refractivity contribution in [3.8, 4) is 11.5 Å². The first-order valence-corrected chi connectivity index (χ1v) is 8.37. The molecule has 27 heavy (non-hydrogen) atoms. The van der Waals surface area contributed by atoms with Gasteiger partial charge in [-0.15, -0.1) is 0 Å². The molecule has 0 unspecified atom stereocenters. The van der Waals surface area contributed by atoms with Gasteiger partial charge in [0.25, 0.3) is 5.91 Å². The third kappa shape index (κ3) is 3.52. The van der Waals surface area contributed by atoms with Crippen molar-refractivity contribution in [1.82, 2.24) is 9.88 Å². The number of benzene rings is 2. The number of ether oxygens (including phenoxy) is 1. The number of morpholine rings is 1. The molecule has 1 aliphatic heterocycles. The number of amides is 1. The van der Waals surface area contributed by atoms with Gasteiger partial charge in [-0.05, 0) is 42.5 Å². The normalized spacial score (nSPS) is 15.3. The molecule has 0 N–H and O–H groups in total. The van der Waals surface area contributed by atoms with Crippen molar-refractivity contribution in [2.24, 2.45) is 0 Å². The van der Waals surface area contributed by atoms with Crippen LogP contribution < -0.4 is 0 Å². The molecule has 0 aliphatic carbocycles. The number of nitrogens with zero attached hydrogens (tertiary/aromatic N) is 2. The second-order valence-corrected chi connectivity index (χ2v) is 6.18. The summed E-state index contributed by atoms with van der Waals surface area (Å²) in [7, 11) is 0. The lowest BCUT2D eigenvalue weighted by molar-refractivity contribution is -0.137. The molecule has 1 aromatic heterocycles. The Labute approximate surface area is 152 Å². The zero-order valence-electron chi connectivity index (χ0n) is 14.1. The van der Waals surface area contributed by atoms with Crippen molar-refractivity contribution in [1.29, 1.82) is 0 Å². The molecule has 0 saturated carbocycles. The van der Waals surface area contributed by atoms with Crippen molar-refractivity contribution in [2.75, 3.05) is 26.3 Å². The van der Waals surface area contributed by atoms with Crippen LogP contribution >= 0.6 is 0 Å². The number of alkyl halides is 3. The lowest BCUT2D eigenvalue weighted by Crippen LogP contribution is -2.40. The van der Waals surface area contributed by atoms with E-state index in [1.807, 2.05) is 0 Å². The van der Waals surface area contributed by atoms with Crippen LogP contribution in [0.25, 0.3) is 22.6 Å². The van der Waals surface area contributed by atoms with Gasteiger partial charge in [-0.25, -0.2) is 4.98 Å². The summed E-state index contributed by atoms with van der Waals surface area (Å²) in [6, 6.07) is 9.52. The van der Waals surface area contributed by atoms with Crippen LogP contribution in [0.1, 0.15) is 15.9 Å². The zero-order chi connectivity index (χ0) is 19.0. The molecule has 1 saturated heterocycles. The summed E-state index contributed by atoms with van der Waals surface area (Å²) >= 11 is 0. The van der Waals surface area contributed by atoms with Gasteiger partial charge in [0.05, 0.1) is 18.8 Å². The maximum absolute atomic E-state index is 12.7. The summed E-state index contributed by atoms with van der Waals surface area (Å²) in [5, 5.41) is 0. The first kappa shape index (κ1) is 17.5. The molecule has 2 aromatic carbocycles. The third-order valence-electron chi connectivity index (χ3n) is 4.39. The van der Waals surface area contributed by atoms with E-state index >= 15 is 0 Å². The van der Waals surface area contributed by atoms with Crippen LogP contribution in [0, 0.1) is 0 Å². The smallest absolute Gasteiger partial charge is 0.416 e. The fourth-order valence-electron chi connectivity index (χ4n) is 2.93. The molecule has 4 rings (SSSR count). The standard InChI is InChI=1S/C19H15F3N2O3/c20-19(21,22)14-4-1-12(2-5-14)17-23-15-11-13(3-6-16(15)27-17)18(25)24-7-9-26-10-8-24/h1-6,11H,7-10H2. The van der Waals surface area contributed by atoms with Crippen LogP contribution in [0.3, 0.4) is 0 Å². The molecule has 140 valence electrons. The Bertz CT molecular complexity index is 974. The highest BCUT2D eigenvalue weighted by Gasteiger charge is 2.30. The summed E-state index contributed by atoms with van der Waals surface area (Å²) in [6.45, 7) is 2.09. The van der Waals surface area contributed by atoms with Crippen LogP contribution in [0.5, 0.6) is 0 Å². The maximum atomic E-state index is 12.7. The molecule has 3 aromatic rings. The average Bonchev–Trinajstić information content (AvgIpc) is 3.11. The summed E-state index contributed by atoms with van der Waals surface area (Å²) in [6.07, 6.45) is -4.39. The number of aromatic nitrogens is 1. The molecule has 0 bridgehead atoms. The van der Waals surface area contributed by atoms with Crippen LogP contribution in [-0.2, 0) is 10.9 Å². The van der Waals surface area contributed by atoms with E-state index in [-0.39, 0.29) is 11.8 Å². The van der Waals surface area contributed by atoms with Gasteiger partial charge in [0.1, 0.15) is 5.52 Å². The average molecular weight is 376 g/mol. The number of oxazole rings is 1. The number of halogens is 3. The van der Waals surface area contributed by atoms with Crippen molar-refractivity contribution in [3.05, 3.63) is 53.6 Å². The zero-order valence-corrected chi connectivity index (χ0v) is 14.1. The molecular weight excluding hydrogens is 361 g/mol. The van der Waals surface area contributed by atoms with E-state index in [1.54, 1.807) is 23.1 Å². The van der Waals surface area contributed by atoms with E-state index in [2.05, 4.69) is 4.98 Å². The third-order valence-corrected chi connectivity index (χ3v) is 4.39. The quantitative estimate of drug-likeness (QED) is 0.679. The van der Waals surface area contributed by atoms with Gasteiger partial charge in [-0.2, -0.15) is 13.2 Å². The lowest BCUT2D eigenvalue weighted by atomic mass is 10.1. The van der Waals surface area contributed by atoms with Gasteiger partial charge in [0.15, 0.2) is 5.58 Å². The van der Waals surface area contributed by atoms with Crippen LogP contribution in [0.2, 0.25) is 0 Å². The Hall–Kier alpha value is -2.87. The molecule has 1 aliphatic rings. The van der Waals surface area contributed by atoms with Crippen molar-refractivity contribution in [3.63, 3.8) is 0 Å². The van der Waals surface area contributed by atoms with Crippen LogP contribution in [-0.4, -0.2) is 42.1 Å². The van der Waals surface area contributed by atoms with Gasteiger partial charge in [-0.1, -0.05) is 0 Å². The number of fused-ring (bicyclic) bond motifs is 1. The summed E-state index contributed by atoms with van der Waals surface area (Å²) in [5.41, 5.74) is 1.12. The van der Waals surface area contributed by atoms with Crippen molar-refractivity contribution in [2.45, 2.75) is 6.18 Å². The SMILES string of the molecule is O=C(c1ccc2oc(-c3ccc(C(F)(F)F)cc3)nc2c1)N1CCOCC1. The second kappa shape index (κ2) is 6.70. The Morgan fingerprint density at radius 2 is 1.74 bits per heavy atom. The molecule has 0 spiro atoms. The number of rotatable bonds is 2. The highest BCUT2D eigenvalue weighted by Crippen LogP contribution is 2.31. The molecule has 0 radical (unpaired) electrons. The van der Waals surface area contributed by atoms with Gasteiger partial charge in [0, 0.05) is 24.2 Å². The highest BCUT2D eigenvalue weighted by molar-refractivity contribution is 5.97. The van der Waals surface area contributed by atoms with E-state index in [0.29, 0.717) is 48.5 Å². The summed E-state index contributed by atoms with van der Waals surface area (Å²) < 4.78 is 48.9. The molecule has 8 heteroatoms. The Kier molecular flexibility index (Phi) is 4.35. The fraction of sp³-hybridized carbons (Fsp3) is 0.263. The van der Waals surface area contributed by atoms with Crippen LogP contribution in [0.4, 0.5) is 13.2 Å². The largest absolute Gasteiger partial charge is 0.436 e. The monoisotopic (exact) mass is 376 g/mol. The van der Waals surface area contributed by atoms with Gasteiger partial charge < -0.3 is 14.1 Å². The molecular formula is C19H15F3N2O3. The Morgan fingerprint density at radius 1 is 1.04 bits per heavy atom. The Morgan fingerprint density at radius 3 is 2.41 bits per heavy atom. The van der Waals surface area contributed by atoms with Gasteiger partial charge in [-0.3, -0.25) is 4.79 Å². The number of hydrogen-bond donors (Lipinski definition) is 0. The molecule has 1 amide bonds. The van der Waals surface area contributed by atoms with E-state index in [1.165, 1.54) is 12.1 Å². The number of carbonyl (C=O) groups is 1. The minimum atomic E-state index is -4.39. The van der Waals surface area contributed by atoms with E-state index < -0.39 is 11.7 Å². The van der Waals surface area contributed by atoms with Gasteiger partial charge >= 0.3 is 6.18 Å². The first-order chi connectivity index (χ1) is 12.9. The number of hydrogen-bond acceptors (Lipinski definition) is 4. The Balaban J connectivity index is 1.62. The minimum Gasteiger partial charge on any atom is -0.436 e. The summed E-state index contributed by atoms with van der Waals surface area (Å²) in [4.78, 5) is 18.6. The minimum absolute atomic E-state index is 0.112.